The van der Waals surface area contributed by atoms with Crippen molar-refractivity contribution in [1.29, 1.82) is 0 Å². The van der Waals surface area contributed by atoms with Crippen LogP contribution in [0.4, 0.5) is 5.69 Å². The van der Waals surface area contributed by atoms with Gasteiger partial charge in [0.2, 0.25) is 10.0 Å². The highest BCUT2D eigenvalue weighted by Crippen LogP contribution is 2.30. The third-order valence-electron chi connectivity index (χ3n) is 3.83. The fourth-order valence-electron chi connectivity index (χ4n) is 2.71. The standard InChI is InChI=1S/C16H24N2O3S/c1-3-5-6-14(19)12-18-10-9-13-7-8-15(11-16(13)18)22(20,21)17-4-2/h3,7-8,11,14,17,19H,1,4-6,9-10,12H2,2H3. The predicted molar refractivity (Wildman–Crippen MR) is 88.7 cm³/mol. The largest absolute Gasteiger partial charge is 0.391 e. The molecule has 0 saturated heterocycles. The number of nitrogens with zero attached hydrogens (tertiary/aromatic N) is 1. The van der Waals surface area contributed by atoms with Crippen LogP contribution in [-0.2, 0) is 16.4 Å². The van der Waals surface area contributed by atoms with Crippen LogP contribution in [0.5, 0.6) is 0 Å². The monoisotopic (exact) mass is 324 g/mol. The zero-order valence-corrected chi connectivity index (χ0v) is 13.8. The molecule has 2 N–H and O–H groups in total. The number of aliphatic hydroxyl groups is 1. The number of allylic oxidation sites excluding steroid dienone is 1. The van der Waals surface area contributed by atoms with E-state index in [0.717, 1.165) is 30.6 Å². The van der Waals surface area contributed by atoms with Gasteiger partial charge in [-0.1, -0.05) is 19.1 Å². The van der Waals surface area contributed by atoms with Gasteiger partial charge >= 0.3 is 0 Å². The molecular formula is C16H24N2O3S. The molecule has 6 heteroatoms. The Kier molecular flexibility index (Phi) is 5.61. The molecule has 122 valence electrons. The van der Waals surface area contributed by atoms with E-state index < -0.39 is 16.1 Å². The van der Waals surface area contributed by atoms with Gasteiger partial charge in [0, 0.05) is 25.3 Å². The van der Waals surface area contributed by atoms with Crippen LogP contribution in [0, 0.1) is 0 Å². The number of sulfonamides is 1. The van der Waals surface area contributed by atoms with Crippen LogP contribution in [0.3, 0.4) is 0 Å². The zero-order valence-electron chi connectivity index (χ0n) is 13.0. The van der Waals surface area contributed by atoms with Crippen LogP contribution in [0.15, 0.2) is 35.7 Å². The summed E-state index contributed by atoms with van der Waals surface area (Å²) >= 11 is 0. The number of benzene rings is 1. The first kappa shape index (κ1) is 17.0. The summed E-state index contributed by atoms with van der Waals surface area (Å²) < 4.78 is 26.7. The van der Waals surface area contributed by atoms with Crippen molar-refractivity contribution in [2.75, 3.05) is 24.5 Å². The fraction of sp³-hybridized carbons (Fsp3) is 0.500. The average molecular weight is 324 g/mol. The van der Waals surface area contributed by atoms with E-state index >= 15 is 0 Å². The smallest absolute Gasteiger partial charge is 0.240 e. The van der Waals surface area contributed by atoms with E-state index in [1.54, 1.807) is 25.1 Å². The summed E-state index contributed by atoms with van der Waals surface area (Å²) in [5.41, 5.74) is 2.04. The first-order valence-corrected chi connectivity index (χ1v) is 9.12. The maximum atomic E-state index is 12.1. The predicted octanol–water partition coefficient (Wildman–Crippen LogP) is 1.67. The normalized spacial score (nSPS) is 15.6. The minimum absolute atomic E-state index is 0.278. The minimum Gasteiger partial charge on any atom is -0.391 e. The maximum Gasteiger partial charge on any atom is 0.240 e. The van der Waals surface area contributed by atoms with Crippen molar-refractivity contribution in [1.82, 2.24) is 4.72 Å². The summed E-state index contributed by atoms with van der Waals surface area (Å²) in [6.45, 7) is 7.11. The maximum absolute atomic E-state index is 12.1. The van der Waals surface area contributed by atoms with Gasteiger partial charge in [-0.3, -0.25) is 0 Å². The zero-order chi connectivity index (χ0) is 16.2. The van der Waals surface area contributed by atoms with E-state index in [9.17, 15) is 13.5 Å². The Morgan fingerprint density at radius 2 is 2.27 bits per heavy atom. The highest BCUT2D eigenvalue weighted by molar-refractivity contribution is 7.89. The molecule has 0 radical (unpaired) electrons. The molecule has 0 saturated carbocycles. The molecule has 1 aromatic rings. The Balaban J connectivity index is 2.17. The van der Waals surface area contributed by atoms with Crippen LogP contribution in [0.2, 0.25) is 0 Å². The van der Waals surface area contributed by atoms with Gasteiger partial charge in [0.15, 0.2) is 0 Å². The van der Waals surface area contributed by atoms with Crippen molar-refractivity contribution >= 4 is 15.7 Å². The Labute approximate surface area is 132 Å². The molecule has 5 nitrogen and oxygen atoms in total. The van der Waals surface area contributed by atoms with E-state index in [4.69, 9.17) is 0 Å². The second kappa shape index (κ2) is 7.26. The number of nitrogens with one attached hydrogen (secondary N) is 1. The van der Waals surface area contributed by atoms with Crippen molar-refractivity contribution in [3.05, 3.63) is 36.4 Å². The van der Waals surface area contributed by atoms with Gasteiger partial charge in [0.25, 0.3) is 0 Å². The van der Waals surface area contributed by atoms with Crippen molar-refractivity contribution in [2.24, 2.45) is 0 Å². The molecule has 0 aliphatic carbocycles. The Hall–Kier alpha value is -1.37. The number of aliphatic hydroxyl groups excluding tert-OH is 1. The highest BCUT2D eigenvalue weighted by Gasteiger charge is 2.24. The first-order chi connectivity index (χ1) is 10.5. The van der Waals surface area contributed by atoms with Gasteiger partial charge in [-0.15, -0.1) is 6.58 Å². The second-order valence-corrected chi connectivity index (χ2v) is 7.27. The summed E-state index contributed by atoms with van der Waals surface area (Å²) in [5, 5.41) is 10.1. The van der Waals surface area contributed by atoms with Crippen molar-refractivity contribution in [3.63, 3.8) is 0 Å². The molecule has 0 fully saturated rings. The third-order valence-corrected chi connectivity index (χ3v) is 5.37. The number of rotatable bonds is 8. The third kappa shape index (κ3) is 3.88. The van der Waals surface area contributed by atoms with E-state index in [1.165, 1.54) is 0 Å². The van der Waals surface area contributed by atoms with Crippen molar-refractivity contribution in [3.8, 4) is 0 Å². The number of anilines is 1. The molecule has 1 unspecified atom stereocenters. The van der Waals surface area contributed by atoms with Gasteiger partial charge in [-0.05, 0) is 37.0 Å². The summed E-state index contributed by atoms with van der Waals surface area (Å²) in [6, 6.07) is 5.23. The van der Waals surface area contributed by atoms with Crippen LogP contribution < -0.4 is 9.62 Å². The van der Waals surface area contributed by atoms with E-state index in [0.29, 0.717) is 19.5 Å². The van der Waals surface area contributed by atoms with Crippen molar-refractivity contribution in [2.45, 2.75) is 37.2 Å². The summed E-state index contributed by atoms with van der Waals surface area (Å²) in [6.07, 6.45) is 3.69. The molecule has 1 aliphatic heterocycles. The molecule has 1 heterocycles. The highest BCUT2D eigenvalue weighted by atomic mass is 32.2. The quantitative estimate of drug-likeness (QED) is 0.714. The molecule has 1 atom stereocenters. The summed E-state index contributed by atoms with van der Waals surface area (Å²) in [7, 11) is -3.45. The Bertz CT molecular complexity index is 628. The van der Waals surface area contributed by atoms with E-state index in [2.05, 4.69) is 16.2 Å². The van der Waals surface area contributed by atoms with Crippen LogP contribution >= 0.6 is 0 Å². The first-order valence-electron chi connectivity index (χ1n) is 7.64. The number of hydrogen-bond acceptors (Lipinski definition) is 4. The van der Waals surface area contributed by atoms with Crippen LogP contribution in [-0.4, -0.2) is 39.3 Å². The lowest BCUT2D eigenvalue weighted by Gasteiger charge is -2.23. The Morgan fingerprint density at radius 1 is 1.50 bits per heavy atom. The van der Waals surface area contributed by atoms with Crippen LogP contribution in [0.25, 0.3) is 0 Å². The number of fused-ring (bicyclic) bond motifs is 1. The van der Waals surface area contributed by atoms with Gasteiger partial charge in [-0.2, -0.15) is 0 Å². The van der Waals surface area contributed by atoms with Crippen molar-refractivity contribution < 1.29 is 13.5 Å². The van der Waals surface area contributed by atoms with Gasteiger partial charge in [0.05, 0.1) is 11.0 Å². The van der Waals surface area contributed by atoms with Gasteiger partial charge in [0.1, 0.15) is 0 Å². The van der Waals surface area contributed by atoms with Crippen LogP contribution in [0.1, 0.15) is 25.3 Å². The molecule has 0 aromatic heterocycles. The molecule has 2 rings (SSSR count). The molecule has 0 spiro atoms. The Morgan fingerprint density at radius 3 is 2.95 bits per heavy atom. The second-order valence-electron chi connectivity index (χ2n) is 5.51. The SMILES string of the molecule is C=CCCC(O)CN1CCc2ccc(S(=O)(=O)NCC)cc21. The molecule has 0 amide bonds. The van der Waals surface area contributed by atoms with E-state index in [-0.39, 0.29) is 4.90 Å². The van der Waals surface area contributed by atoms with E-state index in [1.807, 2.05) is 6.07 Å². The molecular weight excluding hydrogens is 300 g/mol. The summed E-state index contributed by atoms with van der Waals surface area (Å²) in [4.78, 5) is 2.34. The lowest BCUT2D eigenvalue weighted by atomic mass is 10.1. The molecule has 1 aromatic carbocycles. The van der Waals surface area contributed by atoms with Gasteiger partial charge in [-0.25, -0.2) is 13.1 Å². The fourth-order valence-corrected chi connectivity index (χ4v) is 3.77. The molecule has 22 heavy (non-hydrogen) atoms. The topological polar surface area (TPSA) is 69.6 Å². The number of hydrogen-bond donors (Lipinski definition) is 2. The number of β-amino-alcohol motifs (C(OH)–C–C–N with tert-alkyl or cyclic N) is 1. The molecule has 1 aliphatic rings. The average Bonchev–Trinajstić information content (AvgIpc) is 2.87. The van der Waals surface area contributed by atoms with Gasteiger partial charge < -0.3 is 10.0 Å². The lowest BCUT2D eigenvalue weighted by molar-refractivity contribution is 0.171. The molecule has 0 bridgehead atoms. The minimum atomic E-state index is -3.45. The lowest BCUT2D eigenvalue weighted by Crippen LogP contribution is -2.31. The summed E-state index contributed by atoms with van der Waals surface area (Å²) in [5.74, 6) is 0.